The van der Waals surface area contributed by atoms with Crippen molar-refractivity contribution in [2.24, 2.45) is 0 Å². The maximum Gasteiger partial charge on any atom is 0.490 e. The maximum absolute atomic E-state index is 13.0. The summed E-state index contributed by atoms with van der Waals surface area (Å²) in [5.41, 5.74) is 1.10. The van der Waals surface area contributed by atoms with E-state index in [1.165, 1.54) is 18.0 Å². The number of hydrogen-bond donors (Lipinski definition) is 2. The number of morpholine rings is 1. The highest BCUT2D eigenvalue weighted by Gasteiger charge is 2.40. The minimum absolute atomic E-state index is 0.0987. The van der Waals surface area contributed by atoms with Gasteiger partial charge in [-0.3, -0.25) is 4.90 Å². The van der Waals surface area contributed by atoms with Crippen molar-refractivity contribution < 1.29 is 59.7 Å². The molecule has 2 saturated heterocycles. The van der Waals surface area contributed by atoms with Gasteiger partial charge in [0.2, 0.25) is 5.95 Å². The minimum Gasteiger partial charge on any atom is -0.475 e. The minimum atomic E-state index is -5.08. The van der Waals surface area contributed by atoms with Gasteiger partial charge in [-0.1, -0.05) is 0 Å². The van der Waals surface area contributed by atoms with Crippen LogP contribution in [0.1, 0.15) is 18.4 Å². The van der Waals surface area contributed by atoms with Crippen LogP contribution in [0.5, 0.6) is 0 Å². The van der Waals surface area contributed by atoms with E-state index in [4.69, 9.17) is 29.0 Å². The van der Waals surface area contributed by atoms with Crippen molar-refractivity contribution in [2.45, 2.75) is 37.3 Å². The first-order valence-corrected chi connectivity index (χ1v) is 10.8. The lowest BCUT2D eigenvalue weighted by Crippen LogP contribution is -2.56. The Kier molecular flexibility index (Phi) is 10.4. The van der Waals surface area contributed by atoms with Crippen LogP contribution in [0.25, 0.3) is 0 Å². The van der Waals surface area contributed by atoms with Gasteiger partial charge in [0.05, 0.1) is 37.1 Å². The highest BCUT2D eigenvalue weighted by atomic mass is 19.4. The molecule has 0 amide bonds. The van der Waals surface area contributed by atoms with Crippen LogP contribution < -0.4 is 4.90 Å². The quantitative estimate of drug-likeness (QED) is 0.540. The molecule has 212 valence electrons. The summed E-state index contributed by atoms with van der Waals surface area (Å²) in [5, 5.41) is 14.2. The number of carboxylic acids is 2. The monoisotopic (exact) mass is 560 g/mol. The van der Waals surface area contributed by atoms with E-state index in [0.717, 1.165) is 52.2 Å². The fraction of sp³-hybridized carbons (Fsp3) is 0.524. The molecule has 1 spiro atoms. The number of carboxylic acid groups (broad SMARTS) is 2. The van der Waals surface area contributed by atoms with Crippen LogP contribution in [0, 0.1) is 5.82 Å². The van der Waals surface area contributed by atoms with Crippen molar-refractivity contribution in [3.05, 3.63) is 42.4 Å². The zero-order valence-electron chi connectivity index (χ0n) is 19.5. The van der Waals surface area contributed by atoms with Crippen molar-refractivity contribution in [1.82, 2.24) is 14.9 Å². The standard InChI is InChI=1S/C17H21FN4O2.2C2HF3O2/c18-15-9-19-16(20-10-15)22-4-2-17(3-5-22)13-21(6-8-24-17)11-14-1-7-23-12-14;2*3-2(4,5)1(6)7/h1,7,9-10,12H,2-6,8,11,13H2;2*(H,6,7). The number of rotatable bonds is 3. The summed E-state index contributed by atoms with van der Waals surface area (Å²) in [6, 6.07) is 2.01. The van der Waals surface area contributed by atoms with Gasteiger partial charge in [-0.2, -0.15) is 26.3 Å². The van der Waals surface area contributed by atoms with Gasteiger partial charge in [0.25, 0.3) is 0 Å². The normalized spacial score (nSPS) is 17.6. The van der Waals surface area contributed by atoms with Crippen LogP contribution in [0.2, 0.25) is 0 Å². The Morgan fingerprint density at radius 3 is 1.95 bits per heavy atom. The smallest absolute Gasteiger partial charge is 0.475 e. The summed E-state index contributed by atoms with van der Waals surface area (Å²) in [5.74, 6) is -5.32. The Morgan fingerprint density at radius 1 is 0.974 bits per heavy atom. The molecule has 2 N–H and O–H groups in total. The van der Waals surface area contributed by atoms with Gasteiger partial charge in [0, 0.05) is 38.3 Å². The first-order chi connectivity index (χ1) is 17.6. The van der Waals surface area contributed by atoms with Crippen LogP contribution in [0.3, 0.4) is 0 Å². The van der Waals surface area contributed by atoms with Gasteiger partial charge < -0.3 is 24.3 Å². The number of ether oxygens (including phenoxy) is 1. The SMILES string of the molecule is Fc1cnc(N2CCC3(CC2)CN(Cc2ccoc2)CCO3)nc1.O=C(O)C(F)(F)F.O=C(O)C(F)(F)F. The Bertz CT molecular complexity index is 1000. The molecule has 2 aliphatic rings. The van der Waals surface area contributed by atoms with Crippen molar-refractivity contribution in [3.63, 3.8) is 0 Å². The second-order valence-electron chi connectivity index (χ2n) is 8.17. The first-order valence-electron chi connectivity index (χ1n) is 10.8. The van der Waals surface area contributed by atoms with Crippen LogP contribution in [0.4, 0.5) is 36.7 Å². The maximum atomic E-state index is 13.0. The summed E-state index contributed by atoms with van der Waals surface area (Å²) >= 11 is 0. The van der Waals surface area contributed by atoms with Crippen LogP contribution in [-0.2, 0) is 20.9 Å². The van der Waals surface area contributed by atoms with Crippen molar-refractivity contribution in [1.29, 1.82) is 0 Å². The van der Waals surface area contributed by atoms with Crippen LogP contribution in [-0.4, -0.2) is 87.8 Å². The molecule has 0 atom stereocenters. The fourth-order valence-corrected chi connectivity index (χ4v) is 3.58. The summed E-state index contributed by atoms with van der Waals surface area (Å²) < 4.78 is 87.8. The molecule has 0 saturated carbocycles. The van der Waals surface area contributed by atoms with E-state index in [2.05, 4.69) is 19.8 Å². The summed E-state index contributed by atoms with van der Waals surface area (Å²) in [4.78, 5) is 30.5. The highest BCUT2D eigenvalue weighted by molar-refractivity contribution is 5.73. The second-order valence-corrected chi connectivity index (χ2v) is 8.17. The van der Waals surface area contributed by atoms with E-state index in [-0.39, 0.29) is 5.60 Å². The lowest BCUT2D eigenvalue weighted by Gasteiger charge is -2.47. The van der Waals surface area contributed by atoms with Crippen molar-refractivity contribution in [3.8, 4) is 0 Å². The number of aliphatic carboxylic acids is 2. The third kappa shape index (κ3) is 9.77. The number of aromatic nitrogens is 2. The Morgan fingerprint density at radius 2 is 1.50 bits per heavy atom. The number of carbonyl (C=O) groups is 2. The lowest BCUT2D eigenvalue weighted by atomic mass is 9.89. The fourth-order valence-electron chi connectivity index (χ4n) is 3.58. The average molecular weight is 560 g/mol. The molecule has 0 aliphatic carbocycles. The molecule has 38 heavy (non-hydrogen) atoms. The molecule has 4 heterocycles. The Balaban J connectivity index is 0.000000301. The molecule has 0 aromatic carbocycles. The third-order valence-corrected chi connectivity index (χ3v) is 5.36. The molecular formula is C21H23F7N4O6. The molecule has 10 nitrogen and oxygen atoms in total. The van der Waals surface area contributed by atoms with Crippen LogP contribution >= 0.6 is 0 Å². The van der Waals surface area contributed by atoms with Crippen molar-refractivity contribution >= 4 is 17.9 Å². The molecule has 4 rings (SSSR count). The Hall–Kier alpha value is -3.47. The van der Waals surface area contributed by atoms with Gasteiger partial charge in [0.1, 0.15) is 0 Å². The molecule has 0 bridgehead atoms. The van der Waals surface area contributed by atoms with Gasteiger partial charge in [-0.25, -0.2) is 23.9 Å². The number of halogens is 7. The van der Waals surface area contributed by atoms with E-state index in [0.29, 0.717) is 5.95 Å². The zero-order chi connectivity index (χ0) is 28.6. The Labute approximate surface area is 210 Å². The van der Waals surface area contributed by atoms with E-state index < -0.39 is 30.1 Å². The first kappa shape index (κ1) is 30.8. The molecule has 2 aromatic rings. The number of hydrogen-bond acceptors (Lipinski definition) is 8. The van der Waals surface area contributed by atoms with Gasteiger partial charge >= 0.3 is 24.3 Å². The largest absolute Gasteiger partial charge is 0.490 e. The van der Waals surface area contributed by atoms with E-state index in [9.17, 15) is 30.7 Å². The summed E-state index contributed by atoms with van der Waals surface area (Å²) in [6.45, 7) is 5.17. The van der Waals surface area contributed by atoms with Gasteiger partial charge in [0.15, 0.2) is 5.82 Å². The molecule has 2 fully saturated rings. The summed E-state index contributed by atoms with van der Waals surface area (Å²) in [6.07, 6.45) is -2.36. The van der Waals surface area contributed by atoms with Gasteiger partial charge in [-0.05, 0) is 18.9 Å². The van der Waals surface area contributed by atoms with E-state index >= 15 is 0 Å². The topological polar surface area (TPSA) is 129 Å². The highest BCUT2D eigenvalue weighted by Crippen LogP contribution is 2.31. The average Bonchev–Trinajstić information content (AvgIpc) is 3.33. The number of furan rings is 1. The predicted octanol–water partition coefficient (Wildman–Crippen LogP) is 3.35. The van der Waals surface area contributed by atoms with E-state index in [1.807, 2.05) is 6.07 Å². The lowest BCUT2D eigenvalue weighted by molar-refractivity contribution is -0.193. The molecule has 0 radical (unpaired) electrons. The molecule has 2 aromatic heterocycles. The molecule has 0 unspecified atom stereocenters. The van der Waals surface area contributed by atoms with Gasteiger partial charge in [-0.15, -0.1) is 0 Å². The molecule has 17 heteroatoms. The second kappa shape index (κ2) is 12.9. The van der Waals surface area contributed by atoms with Crippen LogP contribution in [0.15, 0.2) is 35.4 Å². The molecule has 2 aliphatic heterocycles. The number of piperidine rings is 1. The van der Waals surface area contributed by atoms with E-state index in [1.54, 1.807) is 12.5 Å². The zero-order valence-corrected chi connectivity index (χ0v) is 19.5. The summed E-state index contributed by atoms with van der Waals surface area (Å²) in [7, 11) is 0. The van der Waals surface area contributed by atoms with Crippen molar-refractivity contribution in [2.75, 3.05) is 37.7 Å². The number of alkyl halides is 6. The predicted molar refractivity (Wildman–Crippen MR) is 113 cm³/mol. The third-order valence-electron chi connectivity index (χ3n) is 5.36. The number of anilines is 1. The molecular weight excluding hydrogens is 537 g/mol. The number of nitrogens with zero attached hydrogens (tertiary/aromatic N) is 4.